The van der Waals surface area contributed by atoms with E-state index in [4.69, 9.17) is 18.3 Å². The second kappa shape index (κ2) is 9.33. The van der Waals surface area contributed by atoms with Crippen molar-refractivity contribution in [1.29, 1.82) is 0 Å². The summed E-state index contributed by atoms with van der Waals surface area (Å²) in [7, 11) is -2.87. The van der Waals surface area contributed by atoms with Crippen molar-refractivity contribution in [2.24, 2.45) is 0 Å². The predicted octanol–water partition coefficient (Wildman–Crippen LogP) is 5.36. The van der Waals surface area contributed by atoms with E-state index in [9.17, 15) is 9.36 Å². The van der Waals surface area contributed by atoms with Crippen molar-refractivity contribution in [3.8, 4) is 11.5 Å². The highest BCUT2D eigenvalue weighted by molar-refractivity contribution is 7.49. The van der Waals surface area contributed by atoms with Crippen LogP contribution >= 0.6 is 7.82 Å². The number of carbonyl (C=O) groups is 1. The lowest BCUT2D eigenvalue weighted by atomic mass is 10.2. The van der Waals surface area contributed by atoms with Gasteiger partial charge >= 0.3 is 13.9 Å². The molecule has 0 fully saturated rings. The van der Waals surface area contributed by atoms with Gasteiger partial charge in [0.25, 0.3) is 0 Å². The van der Waals surface area contributed by atoms with Crippen molar-refractivity contribution < 1.29 is 27.7 Å². The molecule has 0 radical (unpaired) electrons. The largest absolute Gasteiger partial charge is 0.648 e. The summed E-state index contributed by atoms with van der Waals surface area (Å²) in [6, 6.07) is 17.2. The monoisotopic (exact) mass is 403 g/mol. The van der Waals surface area contributed by atoms with Crippen LogP contribution in [0.5, 0.6) is 11.5 Å². The number of phosphoric ester groups is 1. The highest BCUT2D eigenvalue weighted by Gasteiger charge is 2.37. The molecule has 1 aliphatic rings. The molecular weight excluding hydrogens is 381 g/mol. The Kier molecular flexibility index (Phi) is 6.61. The molecule has 1 amide bonds. The Morgan fingerprint density at radius 2 is 1.46 bits per heavy atom. The van der Waals surface area contributed by atoms with Gasteiger partial charge in [-0.2, -0.15) is 4.57 Å². The van der Waals surface area contributed by atoms with Gasteiger partial charge in [0.05, 0.1) is 7.11 Å². The molecule has 0 aromatic heterocycles. The number of amides is 1. The highest BCUT2D eigenvalue weighted by Crippen LogP contribution is 2.52. The number of methoxy groups -OCH3 is 1. The molecule has 3 rings (SSSR count). The van der Waals surface area contributed by atoms with Gasteiger partial charge in [0.1, 0.15) is 11.5 Å². The van der Waals surface area contributed by atoms with Crippen LogP contribution in [0.3, 0.4) is 0 Å². The predicted molar refractivity (Wildman–Crippen MR) is 104 cm³/mol. The molecule has 0 unspecified atom stereocenters. The summed E-state index contributed by atoms with van der Waals surface area (Å²) in [6.45, 7) is 0.384. The van der Waals surface area contributed by atoms with Crippen LogP contribution in [0.15, 0.2) is 72.6 Å². The Morgan fingerprint density at radius 3 is 2.00 bits per heavy atom. The normalized spacial score (nSPS) is 14.5. The Balaban J connectivity index is 1.90. The molecule has 0 aliphatic carbocycles. The van der Waals surface area contributed by atoms with Gasteiger partial charge in [0.2, 0.25) is 5.88 Å². The van der Waals surface area contributed by atoms with Gasteiger partial charge in [-0.3, -0.25) is 0 Å². The molecule has 148 valence electrons. The molecule has 0 saturated heterocycles. The van der Waals surface area contributed by atoms with E-state index in [1.165, 1.54) is 12.0 Å². The lowest BCUT2D eigenvalue weighted by molar-refractivity contribution is 0.112. The number of phosphoric acid groups is 1. The quantitative estimate of drug-likeness (QED) is 0.604. The molecule has 2 aromatic rings. The van der Waals surface area contributed by atoms with Crippen LogP contribution < -0.4 is 9.05 Å². The first kappa shape index (κ1) is 19.8. The van der Waals surface area contributed by atoms with Gasteiger partial charge in [-0.1, -0.05) is 36.4 Å². The highest BCUT2D eigenvalue weighted by atomic mass is 31.2. The van der Waals surface area contributed by atoms with E-state index < -0.39 is 13.9 Å². The van der Waals surface area contributed by atoms with Crippen LogP contribution in [0.2, 0.25) is 0 Å². The zero-order valence-corrected chi connectivity index (χ0v) is 16.4. The van der Waals surface area contributed by atoms with E-state index in [0.717, 1.165) is 12.8 Å². The van der Waals surface area contributed by atoms with Crippen LogP contribution in [0, 0.1) is 0 Å². The first-order valence-corrected chi connectivity index (χ1v) is 10.4. The molecular formula is C20H22NO6P. The maximum absolute atomic E-state index is 13.5. The third kappa shape index (κ3) is 5.30. The first-order valence-electron chi connectivity index (χ1n) is 8.94. The van der Waals surface area contributed by atoms with Gasteiger partial charge < -0.3 is 18.3 Å². The topological polar surface area (TPSA) is 74.3 Å². The van der Waals surface area contributed by atoms with Crippen LogP contribution in [0.25, 0.3) is 0 Å². The molecule has 7 nitrogen and oxygen atoms in total. The molecule has 0 saturated carbocycles. The van der Waals surface area contributed by atoms with Gasteiger partial charge in [-0.05, 0) is 49.6 Å². The van der Waals surface area contributed by atoms with Crippen LogP contribution in [-0.4, -0.2) is 24.6 Å². The summed E-state index contributed by atoms with van der Waals surface area (Å²) in [5.74, 6) is 0.737. The van der Waals surface area contributed by atoms with Gasteiger partial charge in [-0.25, -0.2) is 9.69 Å². The number of allylic oxidation sites excluding steroid dienone is 1. The molecule has 1 heterocycles. The molecule has 0 spiro atoms. The summed E-state index contributed by atoms with van der Waals surface area (Å²) in [5.41, 5.74) is 0. The Labute approximate surface area is 164 Å². The number of para-hydroxylation sites is 2. The van der Waals surface area contributed by atoms with Crippen LogP contribution in [-0.2, 0) is 13.8 Å². The lowest BCUT2D eigenvalue weighted by Gasteiger charge is -2.26. The van der Waals surface area contributed by atoms with E-state index in [2.05, 4.69) is 0 Å². The van der Waals surface area contributed by atoms with Crippen molar-refractivity contribution in [3.63, 3.8) is 0 Å². The number of benzene rings is 2. The number of ether oxygens (including phenoxy) is 1. The van der Waals surface area contributed by atoms with Gasteiger partial charge in [0, 0.05) is 6.54 Å². The van der Waals surface area contributed by atoms with Crippen LogP contribution in [0.4, 0.5) is 4.79 Å². The molecule has 2 aromatic carbocycles. The van der Waals surface area contributed by atoms with Crippen molar-refractivity contribution in [1.82, 2.24) is 4.90 Å². The van der Waals surface area contributed by atoms with E-state index >= 15 is 0 Å². The molecule has 28 heavy (non-hydrogen) atoms. The Morgan fingerprint density at radius 1 is 0.893 bits per heavy atom. The number of hydrogen-bond acceptors (Lipinski definition) is 6. The number of carbonyl (C=O) groups excluding carboxylic acids is 1. The summed E-state index contributed by atoms with van der Waals surface area (Å²) in [6.07, 6.45) is 3.39. The zero-order chi connectivity index (χ0) is 19.8. The maximum Gasteiger partial charge on any atom is 0.648 e. The SMILES string of the molecule is COC(=O)N1CCCCC=C1OP(=O)(Oc1ccccc1)Oc1ccccc1. The standard InChI is InChI=1S/C20H22NO6P/c1-24-20(22)21-16-10-4-9-15-19(21)27-28(23,25-17-11-5-2-6-12-17)26-18-13-7-3-8-14-18/h2-3,5-8,11-15H,4,9-10,16H2,1H3. The molecule has 0 bridgehead atoms. The molecule has 1 aliphatic heterocycles. The third-order valence-electron chi connectivity index (χ3n) is 3.94. The first-order chi connectivity index (χ1) is 13.6. The molecule has 0 N–H and O–H groups in total. The smallest absolute Gasteiger partial charge is 0.452 e. The van der Waals surface area contributed by atoms with Crippen molar-refractivity contribution in [2.75, 3.05) is 13.7 Å². The third-order valence-corrected chi connectivity index (χ3v) is 5.22. The Hall–Kier alpha value is -2.92. The average Bonchev–Trinajstić information content (AvgIpc) is 2.94. The van der Waals surface area contributed by atoms with Gasteiger partial charge in [0.15, 0.2) is 0 Å². The maximum atomic E-state index is 13.5. The minimum atomic E-state index is -4.16. The van der Waals surface area contributed by atoms with Crippen molar-refractivity contribution in [3.05, 3.63) is 72.6 Å². The number of rotatable bonds is 6. The molecule has 8 heteroatoms. The zero-order valence-electron chi connectivity index (χ0n) is 15.5. The summed E-state index contributed by atoms with van der Waals surface area (Å²) >= 11 is 0. The second-order valence-electron chi connectivity index (χ2n) is 6.01. The van der Waals surface area contributed by atoms with Crippen LogP contribution in [0.1, 0.15) is 19.3 Å². The molecule has 0 atom stereocenters. The minimum absolute atomic E-state index is 0.0968. The van der Waals surface area contributed by atoms with E-state index in [1.807, 2.05) is 12.1 Å². The van der Waals surface area contributed by atoms with E-state index in [0.29, 0.717) is 24.5 Å². The fraction of sp³-hybridized carbons (Fsp3) is 0.250. The minimum Gasteiger partial charge on any atom is -0.452 e. The fourth-order valence-electron chi connectivity index (χ4n) is 2.63. The summed E-state index contributed by atoms with van der Waals surface area (Å²) < 4.78 is 35.2. The van der Waals surface area contributed by atoms with Gasteiger partial charge in [-0.15, -0.1) is 0 Å². The Bertz CT molecular complexity index is 810. The van der Waals surface area contributed by atoms with E-state index in [-0.39, 0.29) is 5.88 Å². The van der Waals surface area contributed by atoms with Crippen molar-refractivity contribution in [2.45, 2.75) is 19.3 Å². The second-order valence-corrected chi connectivity index (χ2v) is 7.45. The van der Waals surface area contributed by atoms with E-state index in [1.54, 1.807) is 54.6 Å². The summed E-state index contributed by atoms with van der Waals surface area (Å²) in [5, 5.41) is 0. The lowest BCUT2D eigenvalue weighted by Crippen LogP contribution is -2.31. The van der Waals surface area contributed by atoms with Crippen molar-refractivity contribution >= 4 is 13.9 Å². The number of hydrogen-bond donors (Lipinski definition) is 0. The average molecular weight is 403 g/mol. The number of nitrogens with zero attached hydrogens (tertiary/aromatic N) is 1. The summed E-state index contributed by atoms with van der Waals surface area (Å²) in [4.78, 5) is 13.4. The fourth-order valence-corrected chi connectivity index (χ4v) is 3.90.